The van der Waals surface area contributed by atoms with Gasteiger partial charge in [0, 0.05) is 0 Å². The number of alkyl halides is 1. The largest absolute Gasteiger partial charge is 0.293 e. The molecule has 0 saturated carbocycles. The Balaban J connectivity index is 3.28. The van der Waals surface area contributed by atoms with E-state index in [-0.39, 0.29) is 16.7 Å². The van der Waals surface area contributed by atoms with Crippen LogP contribution in [0.5, 0.6) is 0 Å². The van der Waals surface area contributed by atoms with E-state index in [0.29, 0.717) is 5.56 Å². The van der Waals surface area contributed by atoms with Crippen LogP contribution in [0.4, 0.5) is 4.39 Å². The van der Waals surface area contributed by atoms with Gasteiger partial charge >= 0.3 is 0 Å². The van der Waals surface area contributed by atoms with Crippen LogP contribution in [0.25, 0.3) is 0 Å². The Hall–Kier alpha value is -0.700. The minimum absolute atomic E-state index is 0.161. The molecule has 0 amide bonds. The number of ketones is 1. The van der Waals surface area contributed by atoms with Crippen molar-refractivity contribution in [2.45, 2.75) is 13.8 Å². The zero-order chi connectivity index (χ0) is 10.0. The molecule has 0 unspecified atom stereocenters. The van der Waals surface area contributed by atoms with Crippen molar-refractivity contribution in [2.24, 2.45) is 0 Å². The van der Waals surface area contributed by atoms with Gasteiger partial charge in [0.2, 0.25) is 0 Å². The summed E-state index contributed by atoms with van der Waals surface area (Å²) < 4.78 is 13.3. The topological polar surface area (TPSA) is 17.1 Å². The highest BCUT2D eigenvalue weighted by molar-refractivity contribution is 9.09. The predicted octanol–water partition coefficient (Wildman–Crippen LogP) is 3.02. The maximum atomic E-state index is 13.3. The maximum absolute atomic E-state index is 13.3. The number of carbonyl (C=O) groups is 1. The molecular formula is C10H10BrFO. The van der Waals surface area contributed by atoms with Gasteiger partial charge in [0.1, 0.15) is 5.82 Å². The van der Waals surface area contributed by atoms with Crippen molar-refractivity contribution in [3.8, 4) is 0 Å². The van der Waals surface area contributed by atoms with Crippen LogP contribution in [-0.2, 0) is 0 Å². The third-order valence-corrected chi connectivity index (χ3v) is 2.34. The molecule has 13 heavy (non-hydrogen) atoms. The van der Waals surface area contributed by atoms with E-state index < -0.39 is 5.82 Å². The molecule has 1 aromatic carbocycles. The first kappa shape index (κ1) is 10.4. The summed E-state index contributed by atoms with van der Waals surface area (Å²) in [5.74, 6) is -0.642. The summed E-state index contributed by atoms with van der Waals surface area (Å²) >= 11 is 3.02. The Morgan fingerprint density at radius 3 is 2.54 bits per heavy atom. The van der Waals surface area contributed by atoms with E-state index in [1.807, 2.05) is 0 Å². The normalized spacial score (nSPS) is 10.2. The summed E-state index contributed by atoms with van der Waals surface area (Å²) in [6.45, 7) is 3.55. The molecule has 0 aliphatic heterocycles. The highest BCUT2D eigenvalue weighted by Crippen LogP contribution is 2.16. The van der Waals surface area contributed by atoms with Crippen LogP contribution >= 0.6 is 15.9 Å². The number of halogens is 2. The summed E-state index contributed by atoms with van der Waals surface area (Å²) in [6, 6.07) is 3.18. The van der Waals surface area contributed by atoms with Gasteiger partial charge in [-0.1, -0.05) is 22.0 Å². The number of carbonyl (C=O) groups excluding carboxylic acids is 1. The van der Waals surface area contributed by atoms with Crippen LogP contribution in [0.2, 0.25) is 0 Å². The Bertz CT molecular complexity index is 324. The van der Waals surface area contributed by atoms with E-state index in [2.05, 4.69) is 15.9 Å². The molecule has 0 aromatic heterocycles. The quantitative estimate of drug-likeness (QED) is 0.578. The Kier molecular flexibility index (Phi) is 3.20. The van der Waals surface area contributed by atoms with Crippen LogP contribution in [0.15, 0.2) is 12.1 Å². The molecule has 0 saturated heterocycles. The predicted molar refractivity (Wildman–Crippen MR) is 54.0 cm³/mol. The molecule has 0 aliphatic rings. The van der Waals surface area contributed by atoms with Gasteiger partial charge in [-0.2, -0.15) is 0 Å². The van der Waals surface area contributed by atoms with Crippen molar-refractivity contribution in [1.82, 2.24) is 0 Å². The second-order valence-corrected chi connectivity index (χ2v) is 3.56. The third kappa shape index (κ3) is 2.15. The minimum atomic E-state index is -0.429. The van der Waals surface area contributed by atoms with E-state index in [4.69, 9.17) is 0 Å². The molecule has 3 heteroatoms. The van der Waals surface area contributed by atoms with Crippen LogP contribution in [0.1, 0.15) is 21.5 Å². The molecule has 0 atom stereocenters. The minimum Gasteiger partial charge on any atom is -0.293 e. The Morgan fingerprint density at radius 1 is 1.46 bits per heavy atom. The summed E-state index contributed by atoms with van der Waals surface area (Å²) in [5.41, 5.74) is 1.73. The van der Waals surface area contributed by atoms with E-state index in [0.717, 1.165) is 5.56 Å². The van der Waals surface area contributed by atoms with Crippen molar-refractivity contribution >= 4 is 21.7 Å². The Labute approximate surface area is 85.1 Å². The molecule has 0 spiro atoms. The van der Waals surface area contributed by atoms with E-state index in [1.165, 1.54) is 6.07 Å². The second-order valence-electron chi connectivity index (χ2n) is 3.00. The fourth-order valence-corrected chi connectivity index (χ4v) is 1.62. The lowest BCUT2D eigenvalue weighted by Gasteiger charge is -2.05. The smallest absolute Gasteiger partial charge is 0.176 e. The summed E-state index contributed by atoms with van der Waals surface area (Å²) in [6.07, 6.45) is 0. The molecular weight excluding hydrogens is 235 g/mol. The van der Waals surface area contributed by atoms with Crippen molar-refractivity contribution in [1.29, 1.82) is 0 Å². The molecule has 0 radical (unpaired) electrons. The molecule has 70 valence electrons. The molecule has 0 heterocycles. The SMILES string of the molecule is Cc1cc(C)c(C(=O)CBr)c(F)c1. The molecule has 0 aliphatic carbocycles. The van der Waals surface area contributed by atoms with E-state index in [1.54, 1.807) is 19.9 Å². The zero-order valence-corrected chi connectivity index (χ0v) is 9.11. The second kappa shape index (κ2) is 4.01. The van der Waals surface area contributed by atoms with Gasteiger partial charge in [-0.25, -0.2) is 4.39 Å². The van der Waals surface area contributed by atoms with Gasteiger partial charge in [-0.3, -0.25) is 4.79 Å². The summed E-state index contributed by atoms with van der Waals surface area (Å²) in [7, 11) is 0. The first-order valence-corrected chi connectivity index (χ1v) is 5.04. The number of rotatable bonds is 2. The number of hydrogen-bond donors (Lipinski definition) is 0. The van der Waals surface area contributed by atoms with Crippen LogP contribution in [0, 0.1) is 19.7 Å². The Morgan fingerprint density at radius 2 is 2.08 bits per heavy atom. The van der Waals surface area contributed by atoms with Gasteiger partial charge in [-0.15, -0.1) is 0 Å². The highest BCUT2D eigenvalue weighted by atomic mass is 79.9. The van der Waals surface area contributed by atoms with E-state index in [9.17, 15) is 9.18 Å². The molecule has 1 aromatic rings. The lowest BCUT2D eigenvalue weighted by molar-refractivity contribution is 0.101. The van der Waals surface area contributed by atoms with Gasteiger partial charge in [-0.05, 0) is 31.0 Å². The molecule has 0 N–H and O–H groups in total. The van der Waals surface area contributed by atoms with Gasteiger partial charge < -0.3 is 0 Å². The highest BCUT2D eigenvalue weighted by Gasteiger charge is 2.13. The van der Waals surface area contributed by atoms with Crippen LogP contribution in [-0.4, -0.2) is 11.1 Å². The molecule has 0 bridgehead atoms. The molecule has 1 rings (SSSR count). The number of hydrogen-bond acceptors (Lipinski definition) is 1. The number of benzene rings is 1. The van der Waals surface area contributed by atoms with Crippen LogP contribution in [0.3, 0.4) is 0 Å². The fourth-order valence-electron chi connectivity index (χ4n) is 1.34. The standard InChI is InChI=1S/C10H10BrFO/c1-6-3-7(2)10(8(12)4-6)9(13)5-11/h3-4H,5H2,1-2H3. The van der Waals surface area contributed by atoms with Crippen molar-refractivity contribution in [3.63, 3.8) is 0 Å². The van der Waals surface area contributed by atoms with Crippen molar-refractivity contribution in [3.05, 3.63) is 34.6 Å². The first-order chi connectivity index (χ1) is 6.06. The third-order valence-electron chi connectivity index (χ3n) is 1.83. The zero-order valence-electron chi connectivity index (χ0n) is 7.53. The average molecular weight is 245 g/mol. The molecule has 1 nitrogen and oxygen atoms in total. The molecule has 0 fully saturated rings. The fraction of sp³-hybridized carbons (Fsp3) is 0.300. The van der Waals surface area contributed by atoms with Crippen molar-refractivity contribution in [2.75, 3.05) is 5.33 Å². The van der Waals surface area contributed by atoms with Gasteiger partial charge in [0.15, 0.2) is 5.78 Å². The number of aryl methyl sites for hydroxylation is 2. The lowest BCUT2D eigenvalue weighted by atomic mass is 10.0. The average Bonchev–Trinajstić information content (AvgIpc) is 2.02. The number of Topliss-reactive ketones (excluding diaryl/α,β-unsaturated/α-hetero) is 1. The van der Waals surface area contributed by atoms with Gasteiger partial charge in [0.25, 0.3) is 0 Å². The van der Waals surface area contributed by atoms with Crippen molar-refractivity contribution < 1.29 is 9.18 Å². The summed E-state index contributed by atoms with van der Waals surface area (Å²) in [4.78, 5) is 11.3. The monoisotopic (exact) mass is 244 g/mol. The lowest BCUT2D eigenvalue weighted by Crippen LogP contribution is -2.06. The first-order valence-electron chi connectivity index (χ1n) is 3.92. The summed E-state index contributed by atoms with van der Waals surface area (Å²) in [5, 5.41) is 0.161. The van der Waals surface area contributed by atoms with Crippen LogP contribution < -0.4 is 0 Å². The van der Waals surface area contributed by atoms with E-state index >= 15 is 0 Å². The van der Waals surface area contributed by atoms with Gasteiger partial charge in [0.05, 0.1) is 10.9 Å². The maximum Gasteiger partial charge on any atom is 0.176 e.